The largest absolute Gasteiger partial charge is 0.462 e. The van der Waals surface area contributed by atoms with Crippen LogP contribution in [0.4, 0.5) is 0 Å². The molecule has 0 aromatic carbocycles. The minimum atomic E-state index is -0.798. The number of rotatable bonds is 52. The van der Waals surface area contributed by atoms with Gasteiger partial charge in [-0.1, -0.05) is 234 Å². The molecule has 6 nitrogen and oxygen atoms in total. The molecule has 0 aromatic rings. The highest BCUT2D eigenvalue weighted by molar-refractivity contribution is 5.71. The van der Waals surface area contributed by atoms with Crippen LogP contribution < -0.4 is 0 Å². The number of hydrogen-bond acceptors (Lipinski definition) is 6. The Morgan fingerprint density at radius 3 is 0.913 bits per heavy atom. The van der Waals surface area contributed by atoms with Gasteiger partial charge in [-0.3, -0.25) is 14.4 Å². The average Bonchev–Trinajstić information content (AvgIpc) is 3.35. The van der Waals surface area contributed by atoms with Crippen LogP contribution in [0.3, 0.4) is 0 Å². The van der Waals surface area contributed by atoms with Crippen LogP contribution in [0.2, 0.25) is 0 Å². The van der Waals surface area contributed by atoms with E-state index in [4.69, 9.17) is 14.2 Å². The summed E-state index contributed by atoms with van der Waals surface area (Å²) in [5.74, 6) is -0.937. The van der Waals surface area contributed by atoms with E-state index in [1.165, 1.54) is 116 Å². The Bertz CT molecular complexity index is 1330. The molecular formula is C63H108O6. The average molecular weight is 962 g/mol. The van der Waals surface area contributed by atoms with Crippen molar-refractivity contribution in [2.75, 3.05) is 13.2 Å². The molecule has 0 saturated carbocycles. The second-order valence-electron chi connectivity index (χ2n) is 19.1. The summed E-state index contributed by atoms with van der Waals surface area (Å²) in [6, 6.07) is 0. The number of unbranched alkanes of at least 4 members (excludes halogenated alkanes) is 27. The molecule has 6 heteroatoms. The van der Waals surface area contributed by atoms with E-state index in [0.717, 1.165) is 122 Å². The van der Waals surface area contributed by atoms with Crippen LogP contribution in [0.5, 0.6) is 0 Å². The zero-order valence-corrected chi connectivity index (χ0v) is 45.3. The number of hydrogen-bond donors (Lipinski definition) is 0. The predicted octanol–water partition coefficient (Wildman–Crippen LogP) is 19.5. The lowest BCUT2D eigenvalue weighted by Gasteiger charge is -2.18. The quantitative estimate of drug-likeness (QED) is 0.0262. The number of carbonyl (C=O) groups excluding carboxylic acids is 3. The lowest BCUT2D eigenvalue weighted by Crippen LogP contribution is -2.30. The van der Waals surface area contributed by atoms with E-state index in [1.54, 1.807) is 0 Å². The van der Waals surface area contributed by atoms with Crippen molar-refractivity contribution in [3.8, 4) is 0 Å². The van der Waals surface area contributed by atoms with Crippen LogP contribution in [-0.4, -0.2) is 37.2 Å². The van der Waals surface area contributed by atoms with Gasteiger partial charge in [-0.05, 0) is 109 Å². The Kier molecular flexibility index (Phi) is 54.3. The topological polar surface area (TPSA) is 78.9 Å². The molecule has 0 aliphatic rings. The molecule has 0 N–H and O–H groups in total. The van der Waals surface area contributed by atoms with E-state index in [9.17, 15) is 14.4 Å². The smallest absolute Gasteiger partial charge is 0.306 e. The maximum absolute atomic E-state index is 12.8. The molecule has 0 bridgehead atoms. The fraction of sp³-hybridized carbons (Fsp3) is 0.730. The summed E-state index contributed by atoms with van der Waals surface area (Å²) in [4.78, 5) is 38.1. The molecule has 0 heterocycles. The van der Waals surface area contributed by atoms with Gasteiger partial charge in [0.15, 0.2) is 6.10 Å². The SMILES string of the molecule is CC/C=C\C/C=C\C/C=C\CCCCCCCC(=O)OC(COC(=O)CCCCC/C=C\C/C=C\C/C=C\CC)COC(=O)CCCCCCCCCCCCC/C=C\CCCCCCCCCC. The third kappa shape index (κ3) is 55.4. The van der Waals surface area contributed by atoms with Gasteiger partial charge in [-0.25, -0.2) is 0 Å². The lowest BCUT2D eigenvalue weighted by atomic mass is 10.0. The Balaban J connectivity index is 4.34. The maximum atomic E-state index is 12.8. The molecule has 0 aromatic heterocycles. The van der Waals surface area contributed by atoms with Gasteiger partial charge in [-0.15, -0.1) is 0 Å². The van der Waals surface area contributed by atoms with E-state index < -0.39 is 6.10 Å². The molecule has 0 spiro atoms. The first-order chi connectivity index (χ1) is 34.0. The molecular weight excluding hydrogens is 853 g/mol. The first-order valence-corrected chi connectivity index (χ1v) is 29.1. The zero-order chi connectivity index (χ0) is 50.0. The molecule has 1 unspecified atom stereocenters. The molecule has 0 aliphatic heterocycles. The van der Waals surface area contributed by atoms with Crippen molar-refractivity contribution < 1.29 is 28.6 Å². The van der Waals surface area contributed by atoms with Crippen molar-refractivity contribution >= 4 is 17.9 Å². The van der Waals surface area contributed by atoms with E-state index in [2.05, 4.69) is 106 Å². The van der Waals surface area contributed by atoms with Crippen molar-refractivity contribution in [3.05, 3.63) is 85.1 Å². The molecule has 396 valence electrons. The summed E-state index contributed by atoms with van der Waals surface area (Å²) < 4.78 is 16.8. The first-order valence-electron chi connectivity index (χ1n) is 29.1. The summed E-state index contributed by atoms with van der Waals surface area (Å²) in [5, 5.41) is 0. The summed E-state index contributed by atoms with van der Waals surface area (Å²) in [7, 11) is 0. The van der Waals surface area contributed by atoms with E-state index in [1.807, 2.05) is 0 Å². The first kappa shape index (κ1) is 65.6. The molecule has 0 saturated heterocycles. The van der Waals surface area contributed by atoms with Crippen LogP contribution in [0, 0.1) is 0 Å². The van der Waals surface area contributed by atoms with E-state index in [-0.39, 0.29) is 31.1 Å². The van der Waals surface area contributed by atoms with Crippen molar-refractivity contribution in [3.63, 3.8) is 0 Å². The molecule has 0 fully saturated rings. The molecule has 0 rings (SSSR count). The maximum Gasteiger partial charge on any atom is 0.306 e. The molecule has 0 amide bonds. The van der Waals surface area contributed by atoms with Gasteiger partial charge >= 0.3 is 17.9 Å². The minimum absolute atomic E-state index is 0.0932. The lowest BCUT2D eigenvalue weighted by molar-refractivity contribution is -0.167. The molecule has 0 aliphatic carbocycles. The van der Waals surface area contributed by atoms with Gasteiger partial charge in [0, 0.05) is 19.3 Å². The number of esters is 3. The molecule has 0 radical (unpaired) electrons. The monoisotopic (exact) mass is 961 g/mol. The van der Waals surface area contributed by atoms with Gasteiger partial charge in [0.2, 0.25) is 0 Å². The summed E-state index contributed by atoms with van der Waals surface area (Å²) >= 11 is 0. The van der Waals surface area contributed by atoms with Crippen LogP contribution in [-0.2, 0) is 28.6 Å². The van der Waals surface area contributed by atoms with Gasteiger partial charge in [0.05, 0.1) is 0 Å². The van der Waals surface area contributed by atoms with Gasteiger partial charge < -0.3 is 14.2 Å². The number of ether oxygens (including phenoxy) is 3. The second-order valence-corrected chi connectivity index (χ2v) is 19.1. The van der Waals surface area contributed by atoms with Crippen LogP contribution in [0.25, 0.3) is 0 Å². The van der Waals surface area contributed by atoms with E-state index in [0.29, 0.717) is 19.3 Å². The second kappa shape index (κ2) is 57.2. The molecule has 1 atom stereocenters. The fourth-order valence-corrected chi connectivity index (χ4v) is 8.05. The van der Waals surface area contributed by atoms with Crippen LogP contribution in [0.15, 0.2) is 85.1 Å². The number of allylic oxidation sites excluding steroid dienone is 14. The highest BCUT2D eigenvalue weighted by atomic mass is 16.6. The van der Waals surface area contributed by atoms with Gasteiger partial charge in [0.25, 0.3) is 0 Å². The van der Waals surface area contributed by atoms with E-state index >= 15 is 0 Å². The summed E-state index contributed by atoms with van der Waals surface area (Å²) in [6.45, 7) is 6.39. The Morgan fingerprint density at radius 1 is 0.304 bits per heavy atom. The van der Waals surface area contributed by atoms with Crippen LogP contribution in [0.1, 0.15) is 278 Å². The summed E-state index contributed by atoms with van der Waals surface area (Å²) in [6.07, 6.45) is 74.4. The highest BCUT2D eigenvalue weighted by Crippen LogP contribution is 2.15. The van der Waals surface area contributed by atoms with Crippen LogP contribution >= 0.6 is 0 Å². The number of carbonyl (C=O) groups is 3. The van der Waals surface area contributed by atoms with Crippen molar-refractivity contribution in [1.82, 2.24) is 0 Å². The highest BCUT2D eigenvalue weighted by Gasteiger charge is 2.19. The third-order valence-corrected chi connectivity index (χ3v) is 12.4. The fourth-order valence-electron chi connectivity index (χ4n) is 8.05. The van der Waals surface area contributed by atoms with Gasteiger partial charge in [-0.2, -0.15) is 0 Å². The van der Waals surface area contributed by atoms with Crippen molar-refractivity contribution in [2.45, 2.75) is 284 Å². The Morgan fingerprint density at radius 2 is 0.565 bits per heavy atom. The molecule has 69 heavy (non-hydrogen) atoms. The van der Waals surface area contributed by atoms with Gasteiger partial charge in [0.1, 0.15) is 13.2 Å². The normalized spacial score (nSPS) is 12.7. The minimum Gasteiger partial charge on any atom is -0.462 e. The Hall–Kier alpha value is -3.41. The predicted molar refractivity (Wildman–Crippen MR) is 297 cm³/mol. The van der Waals surface area contributed by atoms with Crippen molar-refractivity contribution in [1.29, 1.82) is 0 Å². The third-order valence-electron chi connectivity index (χ3n) is 12.4. The zero-order valence-electron chi connectivity index (χ0n) is 45.3. The standard InChI is InChI=1S/C63H108O6/c1-4-7-10-13-16-19-22-25-27-28-29-30-31-32-33-34-36-38-41-44-47-50-53-56-62(65)68-59-60(58-67-61(64)55-52-49-46-43-40-37-24-21-18-15-12-9-6-3)69-63(66)57-54-51-48-45-42-39-35-26-23-20-17-14-11-8-5-2/h8-9,11-12,17-18,20-21,26,28-29,35,37,40,60H,4-7,10,13-16,19,22-25,27,30-34,36,38-39,41-59H2,1-3H3/b11-8-,12-9-,20-17-,21-18-,29-28-,35-26-,40-37-. The summed E-state index contributed by atoms with van der Waals surface area (Å²) in [5.41, 5.74) is 0. The Labute approximate surface area is 426 Å². The van der Waals surface area contributed by atoms with Crippen molar-refractivity contribution in [2.24, 2.45) is 0 Å².